The van der Waals surface area contributed by atoms with Crippen molar-refractivity contribution in [3.63, 3.8) is 0 Å². The molecule has 0 aliphatic carbocycles. The number of esters is 1. The lowest BCUT2D eigenvalue weighted by molar-refractivity contribution is -0.119. The molecule has 134 valence electrons. The molecule has 2 heterocycles. The van der Waals surface area contributed by atoms with Crippen molar-refractivity contribution in [1.29, 1.82) is 0 Å². The van der Waals surface area contributed by atoms with Crippen molar-refractivity contribution in [2.75, 3.05) is 11.9 Å². The number of fused-ring (bicyclic) bond motifs is 1. The van der Waals surface area contributed by atoms with E-state index in [0.29, 0.717) is 10.7 Å². The lowest BCUT2D eigenvalue weighted by Crippen LogP contribution is -2.21. The molecule has 0 bridgehead atoms. The number of nitrogens with one attached hydrogen (secondary N) is 1. The molecule has 1 amide bonds. The van der Waals surface area contributed by atoms with E-state index >= 15 is 0 Å². The lowest BCUT2D eigenvalue weighted by Gasteiger charge is -2.08. The van der Waals surface area contributed by atoms with Crippen molar-refractivity contribution in [1.82, 2.24) is 19.6 Å². The molecule has 0 saturated carbocycles. The van der Waals surface area contributed by atoms with Gasteiger partial charge < -0.3 is 10.1 Å². The molecule has 0 saturated heterocycles. The minimum Gasteiger partial charge on any atom is -0.450 e. The number of nitrogens with zero attached hydrogens (tertiary/aromatic N) is 4. The van der Waals surface area contributed by atoms with Crippen molar-refractivity contribution >= 4 is 46.5 Å². The van der Waals surface area contributed by atoms with Gasteiger partial charge in [0.25, 0.3) is 17.5 Å². The molecule has 0 radical (unpaired) electrons. The van der Waals surface area contributed by atoms with Crippen molar-refractivity contribution < 1.29 is 14.3 Å². The smallest absolute Gasteiger partial charge is 0.378 e. The number of benzene rings is 1. The second-order valence-corrected chi connectivity index (χ2v) is 6.20. The Hall–Kier alpha value is -2.71. The van der Waals surface area contributed by atoms with Crippen LogP contribution < -0.4 is 5.32 Å². The van der Waals surface area contributed by atoms with Crippen LogP contribution in [0.15, 0.2) is 24.3 Å². The van der Waals surface area contributed by atoms with E-state index in [1.54, 1.807) is 24.3 Å². The zero-order valence-corrected chi connectivity index (χ0v) is 15.3. The van der Waals surface area contributed by atoms with Gasteiger partial charge in [0, 0.05) is 11.4 Å². The summed E-state index contributed by atoms with van der Waals surface area (Å²) in [6, 6.07) is 6.60. The third kappa shape index (κ3) is 3.76. The summed E-state index contributed by atoms with van der Waals surface area (Å²) in [5.41, 5.74) is 1.84. The third-order valence-electron chi connectivity index (χ3n) is 3.36. The normalized spacial score (nSPS) is 10.8. The zero-order valence-electron chi connectivity index (χ0n) is 13.8. The van der Waals surface area contributed by atoms with Crippen molar-refractivity contribution in [3.8, 4) is 0 Å². The van der Waals surface area contributed by atoms with Crippen molar-refractivity contribution in [2.24, 2.45) is 0 Å². The van der Waals surface area contributed by atoms with E-state index in [4.69, 9.17) is 27.9 Å². The van der Waals surface area contributed by atoms with Crippen LogP contribution in [0.3, 0.4) is 0 Å². The van der Waals surface area contributed by atoms with E-state index in [1.165, 1.54) is 4.52 Å². The monoisotopic (exact) mass is 393 g/mol. The number of hydrogen-bond acceptors (Lipinski definition) is 6. The van der Waals surface area contributed by atoms with Gasteiger partial charge in [-0.1, -0.05) is 29.3 Å². The number of aryl methyl sites for hydroxylation is 2. The Morgan fingerprint density at radius 3 is 2.77 bits per heavy atom. The summed E-state index contributed by atoms with van der Waals surface area (Å²) in [4.78, 5) is 32.2. The summed E-state index contributed by atoms with van der Waals surface area (Å²) < 4.78 is 6.36. The minimum atomic E-state index is -0.833. The molecule has 0 aliphatic heterocycles. The maximum Gasteiger partial charge on any atom is 0.378 e. The number of carbonyl (C=O) groups excluding carboxylic acids is 2. The Balaban J connectivity index is 1.66. The number of carbonyl (C=O) groups is 2. The van der Waals surface area contributed by atoms with Gasteiger partial charge in [-0.05, 0) is 32.0 Å². The van der Waals surface area contributed by atoms with Gasteiger partial charge in [-0.25, -0.2) is 14.3 Å². The van der Waals surface area contributed by atoms with Crippen molar-refractivity contribution in [2.45, 2.75) is 13.8 Å². The molecule has 0 unspecified atom stereocenters. The number of ether oxygens (including phenoxy) is 1. The highest BCUT2D eigenvalue weighted by Crippen LogP contribution is 2.29. The quantitative estimate of drug-likeness (QED) is 0.684. The summed E-state index contributed by atoms with van der Waals surface area (Å²) >= 11 is 11.9. The average molecular weight is 394 g/mol. The molecular weight excluding hydrogens is 381 g/mol. The molecule has 1 N–H and O–H groups in total. The molecule has 8 nitrogen and oxygen atoms in total. The number of rotatable bonds is 4. The Morgan fingerprint density at radius 2 is 2.00 bits per heavy atom. The Kier molecular flexibility index (Phi) is 5.06. The van der Waals surface area contributed by atoms with Gasteiger partial charge in [0.2, 0.25) is 0 Å². The van der Waals surface area contributed by atoms with Gasteiger partial charge in [-0.3, -0.25) is 4.79 Å². The van der Waals surface area contributed by atoms with Crippen LogP contribution in [0.2, 0.25) is 10.0 Å². The Labute approximate surface area is 158 Å². The molecular formula is C16H13Cl2N5O3. The number of hydrogen-bond donors (Lipinski definition) is 1. The highest BCUT2D eigenvalue weighted by atomic mass is 35.5. The second kappa shape index (κ2) is 7.27. The fourth-order valence-electron chi connectivity index (χ4n) is 2.24. The number of aromatic nitrogens is 4. The van der Waals surface area contributed by atoms with Gasteiger partial charge in [-0.2, -0.15) is 4.98 Å². The van der Waals surface area contributed by atoms with Gasteiger partial charge in [0.05, 0.1) is 15.7 Å². The van der Waals surface area contributed by atoms with E-state index in [2.05, 4.69) is 20.4 Å². The van der Waals surface area contributed by atoms with Gasteiger partial charge >= 0.3 is 5.97 Å². The molecule has 0 spiro atoms. The maximum atomic E-state index is 12.1. The molecule has 3 rings (SSSR count). The average Bonchev–Trinajstić information content (AvgIpc) is 3.01. The van der Waals surface area contributed by atoms with Crippen LogP contribution in [0.25, 0.3) is 5.78 Å². The largest absolute Gasteiger partial charge is 0.450 e. The third-order valence-corrected chi connectivity index (χ3v) is 4.18. The molecule has 0 atom stereocenters. The molecule has 0 fully saturated rings. The first-order valence-electron chi connectivity index (χ1n) is 7.47. The van der Waals surface area contributed by atoms with E-state index in [1.807, 2.05) is 13.8 Å². The van der Waals surface area contributed by atoms with Crippen LogP contribution in [-0.4, -0.2) is 38.1 Å². The van der Waals surface area contributed by atoms with E-state index < -0.39 is 18.5 Å². The Morgan fingerprint density at radius 1 is 1.23 bits per heavy atom. The first kappa shape index (κ1) is 18.1. The van der Waals surface area contributed by atoms with E-state index in [9.17, 15) is 9.59 Å². The summed E-state index contributed by atoms with van der Waals surface area (Å²) in [5, 5.41) is 7.05. The SMILES string of the molecule is Cc1cc(C)n2nc(C(=O)OCC(=O)Nc3cccc(Cl)c3Cl)nc2n1. The highest BCUT2D eigenvalue weighted by Gasteiger charge is 2.18. The highest BCUT2D eigenvalue weighted by molar-refractivity contribution is 6.44. The van der Waals surface area contributed by atoms with Gasteiger partial charge in [0.1, 0.15) is 0 Å². The van der Waals surface area contributed by atoms with E-state index in [0.717, 1.165) is 11.4 Å². The van der Waals surface area contributed by atoms with Crippen LogP contribution >= 0.6 is 23.2 Å². The topological polar surface area (TPSA) is 98.5 Å². The molecule has 10 heteroatoms. The predicted molar refractivity (Wildman–Crippen MR) is 95.6 cm³/mol. The van der Waals surface area contributed by atoms with E-state index in [-0.39, 0.29) is 16.6 Å². The van der Waals surface area contributed by atoms with Crippen LogP contribution in [-0.2, 0) is 9.53 Å². The minimum absolute atomic E-state index is 0.181. The molecule has 1 aromatic carbocycles. The molecule has 3 aromatic rings. The summed E-state index contributed by atoms with van der Waals surface area (Å²) in [6.45, 7) is 3.10. The zero-order chi connectivity index (χ0) is 18.8. The maximum absolute atomic E-state index is 12.1. The second-order valence-electron chi connectivity index (χ2n) is 5.41. The molecule has 0 aliphatic rings. The fraction of sp³-hybridized carbons (Fsp3) is 0.188. The molecule has 26 heavy (non-hydrogen) atoms. The summed E-state index contributed by atoms with van der Waals surface area (Å²) in [5.74, 6) is -1.30. The summed E-state index contributed by atoms with van der Waals surface area (Å²) in [7, 11) is 0. The Bertz CT molecular complexity index is 1020. The first-order valence-corrected chi connectivity index (χ1v) is 8.23. The van der Waals surface area contributed by atoms with Crippen LogP contribution in [0.4, 0.5) is 5.69 Å². The number of halogens is 2. The lowest BCUT2D eigenvalue weighted by atomic mass is 10.3. The molecule has 2 aromatic heterocycles. The number of amides is 1. The fourth-order valence-corrected chi connectivity index (χ4v) is 2.58. The van der Waals surface area contributed by atoms with Crippen LogP contribution in [0, 0.1) is 13.8 Å². The number of anilines is 1. The predicted octanol–water partition coefficient (Wildman–Crippen LogP) is 2.84. The van der Waals surface area contributed by atoms with Crippen LogP contribution in [0.5, 0.6) is 0 Å². The van der Waals surface area contributed by atoms with Crippen molar-refractivity contribution in [3.05, 3.63) is 51.5 Å². The van der Waals surface area contributed by atoms with Gasteiger partial charge in [0.15, 0.2) is 6.61 Å². The first-order chi connectivity index (χ1) is 12.3. The van der Waals surface area contributed by atoms with Gasteiger partial charge in [-0.15, -0.1) is 5.10 Å². The standard InChI is InChI=1S/C16H13Cl2N5O3/c1-8-6-9(2)23-16(19-8)21-14(22-23)15(25)26-7-12(24)20-11-5-3-4-10(17)13(11)18/h3-6H,7H2,1-2H3,(H,20,24). The summed E-state index contributed by atoms with van der Waals surface area (Å²) in [6.07, 6.45) is 0. The van der Waals surface area contributed by atoms with Crippen LogP contribution in [0.1, 0.15) is 22.0 Å².